The smallest absolute Gasteiger partial charge is 0.228 e. The highest BCUT2D eigenvalue weighted by Gasteiger charge is 1.98. The second-order valence-electron chi connectivity index (χ2n) is 2.94. The summed E-state index contributed by atoms with van der Waals surface area (Å²) in [5.74, 6) is 0.399. The van der Waals surface area contributed by atoms with Crippen LogP contribution in [0.1, 0.15) is 0 Å². The highest BCUT2D eigenvalue weighted by Crippen LogP contribution is 2.20. The SMILES string of the molecule is C=Nc1ncc(-c2ccc(Br)cc2)cn1. The Bertz CT molecular complexity index is 462. The highest BCUT2D eigenvalue weighted by molar-refractivity contribution is 9.10. The third kappa shape index (κ3) is 2.27. The van der Waals surface area contributed by atoms with E-state index in [4.69, 9.17) is 0 Å². The van der Waals surface area contributed by atoms with Gasteiger partial charge in [0.05, 0.1) is 0 Å². The molecule has 0 aliphatic rings. The molecule has 3 nitrogen and oxygen atoms in total. The van der Waals surface area contributed by atoms with Crippen molar-refractivity contribution in [2.45, 2.75) is 0 Å². The second-order valence-corrected chi connectivity index (χ2v) is 3.85. The summed E-state index contributed by atoms with van der Waals surface area (Å²) in [5.41, 5.74) is 2.05. The van der Waals surface area contributed by atoms with Crippen LogP contribution in [-0.2, 0) is 0 Å². The first-order chi connectivity index (χ1) is 7.29. The molecule has 1 aromatic heterocycles. The van der Waals surface area contributed by atoms with Crippen molar-refractivity contribution >= 4 is 28.6 Å². The first-order valence-electron chi connectivity index (χ1n) is 4.34. The summed E-state index contributed by atoms with van der Waals surface area (Å²) in [6.45, 7) is 3.36. The van der Waals surface area contributed by atoms with Crippen LogP contribution in [0.4, 0.5) is 5.95 Å². The van der Waals surface area contributed by atoms with Gasteiger partial charge in [0.15, 0.2) is 0 Å². The number of nitrogens with zero attached hydrogens (tertiary/aromatic N) is 3. The van der Waals surface area contributed by atoms with E-state index >= 15 is 0 Å². The summed E-state index contributed by atoms with van der Waals surface area (Å²) in [7, 11) is 0. The summed E-state index contributed by atoms with van der Waals surface area (Å²) in [4.78, 5) is 11.7. The van der Waals surface area contributed by atoms with E-state index in [-0.39, 0.29) is 0 Å². The summed E-state index contributed by atoms with van der Waals surface area (Å²) in [6.07, 6.45) is 3.47. The first kappa shape index (κ1) is 9.98. The molecular weight excluding hydrogens is 254 g/mol. The second kappa shape index (κ2) is 4.31. The minimum Gasteiger partial charge on any atom is -0.228 e. The number of rotatable bonds is 2. The van der Waals surface area contributed by atoms with E-state index in [9.17, 15) is 0 Å². The third-order valence-electron chi connectivity index (χ3n) is 1.96. The number of benzene rings is 1. The monoisotopic (exact) mass is 261 g/mol. The summed E-state index contributed by atoms with van der Waals surface area (Å²) in [6, 6.07) is 7.97. The van der Waals surface area contributed by atoms with E-state index in [0.717, 1.165) is 15.6 Å². The number of aliphatic imine (C=N–C) groups is 1. The Morgan fingerprint density at radius 3 is 2.13 bits per heavy atom. The van der Waals surface area contributed by atoms with Gasteiger partial charge in [-0.2, -0.15) is 0 Å². The summed E-state index contributed by atoms with van der Waals surface area (Å²) in [5, 5.41) is 0. The highest BCUT2D eigenvalue weighted by atomic mass is 79.9. The number of hydrogen-bond acceptors (Lipinski definition) is 3. The molecule has 0 radical (unpaired) electrons. The Morgan fingerprint density at radius 1 is 1.00 bits per heavy atom. The number of aromatic nitrogens is 2. The average Bonchev–Trinajstić information content (AvgIpc) is 2.30. The Hall–Kier alpha value is -1.55. The van der Waals surface area contributed by atoms with E-state index in [2.05, 4.69) is 37.6 Å². The molecule has 0 saturated carbocycles. The maximum absolute atomic E-state index is 4.04. The Morgan fingerprint density at radius 2 is 1.60 bits per heavy atom. The molecule has 0 atom stereocenters. The minimum absolute atomic E-state index is 0.399. The fraction of sp³-hybridized carbons (Fsp3) is 0. The van der Waals surface area contributed by atoms with E-state index in [1.54, 1.807) is 12.4 Å². The van der Waals surface area contributed by atoms with Gasteiger partial charge in [0.2, 0.25) is 5.95 Å². The van der Waals surface area contributed by atoms with Crippen molar-refractivity contribution in [3.05, 3.63) is 41.1 Å². The normalized spacial score (nSPS) is 9.93. The summed E-state index contributed by atoms with van der Waals surface area (Å²) >= 11 is 3.39. The molecule has 15 heavy (non-hydrogen) atoms. The third-order valence-corrected chi connectivity index (χ3v) is 2.49. The molecule has 2 aromatic rings. The van der Waals surface area contributed by atoms with Crippen LogP contribution in [0.25, 0.3) is 11.1 Å². The fourth-order valence-electron chi connectivity index (χ4n) is 1.19. The van der Waals surface area contributed by atoms with E-state index in [1.807, 2.05) is 24.3 Å². The van der Waals surface area contributed by atoms with Gasteiger partial charge in [-0.05, 0) is 24.4 Å². The Labute approximate surface area is 96.1 Å². The van der Waals surface area contributed by atoms with Crippen molar-refractivity contribution in [3.63, 3.8) is 0 Å². The molecule has 0 fully saturated rings. The Balaban J connectivity index is 2.37. The zero-order chi connectivity index (χ0) is 10.7. The molecule has 74 valence electrons. The topological polar surface area (TPSA) is 38.1 Å². The predicted molar refractivity (Wildman–Crippen MR) is 64.4 cm³/mol. The van der Waals surface area contributed by atoms with Gasteiger partial charge >= 0.3 is 0 Å². The molecule has 0 aliphatic carbocycles. The van der Waals surface area contributed by atoms with Crippen LogP contribution in [0, 0.1) is 0 Å². The van der Waals surface area contributed by atoms with Crippen molar-refractivity contribution in [1.29, 1.82) is 0 Å². The van der Waals surface area contributed by atoms with Crippen LogP contribution in [0.3, 0.4) is 0 Å². The molecule has 0 saturated heterocycles. The molecule has 0 bridgehead atoms. The zero-order valence-corrected chi connectivity index (χ0v) is 9.48. The van der Waals surface area contributed by atoms with Crippen molar-refractivity contribution in [2.75, 3.05) is 0 Å². The molecule has 1 heterocycles. The average molecular weight is 262 g/mol. The van der Waals surface area contributed by atoms with Crippen molar-refractivity contribution in [2.24, 2.45) is 4.99 Å². The molecule has 0 N–H and O–H groups in total. The van der Waals surface area contributed by atoms with Gasteiger partial charge in [-0.3, -0.25) is 0 Å². The van der Waals surface area contributed by atoms with E-state index in [0.29, 0.717) is 5.95 Å². The number of hydrogen-bond donors (Lipinski definition) is 0. The number of halogens is 1. The van der Waals surface area contributed by atoms with Gasteiger partial charge < -0.3 is 0 Å². The van der Waals surface area contributed by atoms with Gasteiger partial charge in [-0.1, -0.05) is 28.1 Å². The molecular formula is C11H8BrN3. The van der Waals surface area contributed by atoms with Gasteiger partial charge in [0.25, 0.3) is 0 Å². The van der Waals surface area contributed by atoms with Crippen LogP contribution in [0.5, 0.6) is 0 Å². The molecule has 0 spiro atoms. The molecule has 0 unspecified atom stereocenters. The zero-order valence-electron chi connectivity index (χ0n) is 7.89. The molecule has 0 amide bonds. The van der Waals surface area contributed by atoms with Crippen LogP contribution >= 0.6 is 15.9 Å². The van der Waals surface area contributed by atoms with Crippen LogP contribution in [-0.4, -0.2) is 16.7 Å². The Kier molecular flexibility index (Phi) is 2.87. The van der Waals surface area contributed by atoms with Crippen molar-refractivity contribution in [1.82, 2.24) is 9.97 Å². The van der Waals surface area contributed by atoms with Crippen molar-refractivity contribution in [3.8, 4) is 11.1 Å². The molecule has 4 heteroatoms. The van der Waals surface area contributed by atoms with Gasteiger partial charge in [-0.15, -0.1) is 0 Å². The lowest BCUT2D eigenvalue weighted by atomic mass is 10.1. The quantitative estimate of drug-likeness (QED) is 0.779. The lowest BCUT2D eigenvalue weighted by Crippen LogP contribution is -1.83. The first-order valence-corrected chi connectivity index (χ1v) is 5.13. The van der Waals surface area contributed by atoms with Crippen molar-refractivity contribution < 1.29 is 0 Å². The lowest BCUT2D eigenvalue weighted by Gasteiger charge is -2.00. The largest absolute Gasteiger partial charge is 0.248 e. The van der Waals surface area contributed by atoms with E-state index in [1.165, 1.54) is 0 Å². The van der Waals surface area contributed by atoms with Crippen LogP contribution in [0.2, 0.25) is 0 Å². The van der Waals surface area contributed by atoms with E-state index < -0.39 is 0 Å². The summed E-state index contributed by atoms with van der Waals surface area (Å²) < 4.78 is 1.05. The molecule has 1 aromatic carbocycles. The molecule has 0 aliphatic heterocycles. The maximum atomic E-state index is 4.04. The predicted octanol–water partition coefficient (Wildman–Crippen LogP) is 3.24. The van der Waals surface area contributed by atoms with Crippen LogP contribution < -0.4 is 0 Å². The van der Waals surface area contributed by atoms with Gasteiger partial charge in [-0.25, -0.2) is 15.0 Å². The minimum atomic E-state index is 0.399. The van der Waals surface area contributed by atoms with Gasteiger partial charge in [0.1, 0.15) is 0 Å². The molecule has 2 rings (SSSR count). The van der Waals surface area contributed by atoms with Crippen LogP contribution in [0.15, 0.2) is 46.1 Å². The van der Waals surface area contributed by atoms with Gasteiger partial charge in [0, 0.05) is 22.4 Å². The fourth-order valence-corrected chi connectivity index (χ4v) is 1.46. The lowest BCUT2D eigenvalue weighted by molar-refractivity contribution is 1.14. The standard InChI is InChI=1S/C11H8BrN3/c1-13-11-14-6-9(7-15-11)8-2-4-10(12)5-3-8/h2-7H,1H2. The maximum Gasteiger partial charge on any atom is 0.248 e.